The first kappa shape index (κ1) is 36.6. The minimum atomic E-state index is -0.849. The van der Waals surface area contributed by atoms with Gasteiger partial charge in [0.25, 0.3) is 0 Å². The van der Waals surface area contributed by atoms with Gasteiger partial charge in [0.15, 0.2) is 5.78 Å². The molecule has 8 rings (SSSR count). The van der Waals surface area contributed by atoms with Crippen molar-refractivity contribution in [1.82, 2.24) is 19.7 Å². The van der Waals surface area contributed by atoms with Crippen molar-refractivity contribution in [2.75, 3.05) is 13.1 Å². The van der Waals surface area contributed by atoms with Crippen LogP contribution in [-0.2, 0) is 10.3 Å². The summed E-state index contributed by atoms with van der Waals surface area (Å²) in [6.07, 6.45) is 4.30. The van der Waals surface area contributed by atoms with Crippen LogP contribution in [0.1, 0.15) is 72.1 Å². The summed E-state index contributed by atoms with van der Waals surface area (Å²) < 4.78 is 7.95. The molecule has 0 aliphatic carbocycles. The van der Waals surface area contributed by atoms with Gasteiger partial charge in [-0.1, -0.05) is 121 Å². The number of piperidine rings is 1. The van der Waals surface area contributed by atoms with E-state index in [1.807, 2.05) is 87.5 Å². The monoisotopic (exact) mass is 738 g/mol. The second-order valence-corrected chi connectivity index (χ2v) is 15.8. The van der Waals surface area contributed by atoms with Crippen LogP contribution in [-0.4, -0.2) is 50.2 Å². The number of hydrogen-bond donors (Lipinski definition) is 0. The molecule has 1 amide bonds. The number of amides is 1. The van der Waals surface area contributed by atoms with Crippen molar-refractivity contribution in [2.24, 2.45) is 5.92 Å². The van der Waals surface area contributed by atoms with Crippen LogP contribution in [0.3, 0.4) is 0 Å². The van der Waals surface area contributed by atoms with Gasteiger partial charge in [-0.3, -0.25) is 9.78 Å². The highest BCUT2D eigenvalue weighted by molar-refractivity contribution is 6.03. The highest BCUT2D eigenvalue weighted by Gasteiger charge is 2.41. The van der Waals surface area contributed by atoms with E-state index in [4.69, 9.17) is 9.84 Å². The number of likely N-dealkylation sites (tertiary alicyclic amines) is 1. The van der Waals surface area contributed by atoms with E-state index >= 15 is 0 Å². The Morgan fingerprint density at radius 1 is 0.696 bits per heavy atom. The van der Waals surface area contributed by atoms with Gasteiger partial charge in [0.05, 0.1) is 5.52 Å². The Hall–Kier alpha value is -6.34. The third-order valence-corrected chi connectivity index (χ3v) is 10.8. The highest BCUT2D eigenvalue weighted by atomic mass is 16.6. The topological polar surface area (TPSA) is 77.3 Å². The molecule has 7 heteroatoms. The van der Waals surface area contributed by atoms with E-state index < -0.39 is 11.1 Å². The number of fused-ring (bicyclic) bond motifs is 1. The predicted molar refractivity (Wildman–Crippen MR) is 222 cm³/mol. The molecular weight excluding hydrogens is 693 g/mol. The van der Waals surface area contributed by atoms with Crippen LogP contribution < -0.4 is 0 Å². The first-order valence-corrected chi connectivity index (χ1v) is 19.4. The number of carbonyl (C=O) groups is 2. The number of nitrogens with zero attached hydrogens (tertiary/aromatic N) is 4. The lowest BCUT2D eigenvalue weighted by molar-refractivity contribution is 0.0136. The third kappa shape index (κ3) is 7.25. The first-order valence-electron chi connectivity index (χ1n) is 19.4. The second-order valence-electron chi connectivity index (χ2n) is 15.8. The Kier molecular flexibility index (Phi) is 10.1. The van der Waals surface area contributed by atoms with Crippen molar-refractivity contribution in [3.63, 3.8) is 0 Å². The minimum Gasteiger partial charge on any atom is -0.444 e. The van der Waals surface area contributed by atoms with E-state index in [-0.39, 0.29) is 23.7 Å². The molecule has 7 nitrogen and oxygen atoms in total. The highest BCUT2D eigenvalue weighted by Crippen LogP contribution is 2.44. The van der Waals surface area contributed by atoms with Crippen LogP contribution in [0.5, 0.6) is 0 Å². The molecule has 0 radical (unpaired) electrons. The van der Waals surface area contributed by atoms with Crippen molar-refractivity contribution in [3.8, 4) is 11.3 Å². The third-order valence-electron chi connectivity index (χ3n) is 10.8. The molecule has 56 heavy (non-hydrogen) atoms. The van der Waals surface area contributed by atoms with Gasteiger partial charge in [-0.2, -0.15) is 5.10 Å². The lowest BCUT2D eigenvalue weighted by Crippen LogP contribution is -2.45. The van der Waals surface area contributed by atoms with Gasteiger partial charge < -0.3 is 9.64 Å². The summed E-state index contributed by atoms with van der Waals surface area (Å²) >= 11 is 0. The van der Waals surface area contributed by atoms with E-state index in [0.717, 1.165) is 50.8 Å². The zero-order valence-corrected chi connectivity index (χ0v) is 32.1. The molecule has 1 aliphatic heterocycles. The Morgan fingerprint density at radius 3 is 1.80 bits per heavy atom. The maximum absolute atomic E-state index is 14.4. The maximum atomic E-state index is 14.4. The van der Waals surface area contributed by atoms with Crippen LogP contribution in [0.25, 0.3) is 22.2 Å². The fraction of sp³-hybridized carbons (Fsp3) is 0.224. The van der Waals surface area contributed by atoms with E-state index in [2.05, 4.69) is 94.6 Å². The van der Waals surface area contributed by atoms with Crippen LogP contribution in [0.4, 0.5) is 4.79 Å². The number of rotatable bonds is 9. The van der Waals surface area contributed by atoms with Gasteiger partial charge >= 0.3 is 6.09 Å². The summed E-state index contributed by atoms with van der Waals surface area (Å²) in [6.45, 7) is 6.65. The zero-order chi connectivity index (χ0) is 38.7. The molecule has 2 atom stereocenters. The Balaban J connectivity index is 1.24. The van der Waals surface area contributed by atoms with Crippen molar-refractivity contribution >= 4 is 22.8 Å². The molecule has 280 valence electrons. The second kappa shape index (κ2) is 15.4. The molecular formula is C49H46N4O3. The average Bonchev–Trinajstić information content (AvgIpc) is 3.61. The molecule has 1 saturated heterocycles. The average molecular weight is 739 g/mol. The zero-order valence-electron chi connectivity index (χ0n) is 32.1. The number of benzene rings is 5. The van der Waals surface area contributed by atoms with Crippen molar-refractivity contribution in [3.05, 3.63) is 192 Å². The fourth-order valence-electron chi connectivity index (χ4n) is 8.35. The molecule has 5 aromatic carbocycles. The van der Waals surface area contributed by atoms with Gasteiger partial charge in [-0.15, -0.1) is 0 Å². The first-order chi connectivity index (χ1) is 27.2. The maximum Gasteiger partial charge on any atom is 0.410 e. The predicted octanol–water partition coefficient (Wildman–Crippen LogP) is 10.6. The van der Waals surface area contributed by atoms with Crippen molar-refractivity contribution < 1.29 is 14.3 Å². The molecule has 0 spiro atoms. The summed E-state index contributed by atoms with van der Waals surface area (Å²) in [5, 5.41) is 6.37. The normalized spacial score (nSPS) is 16.1. The summed E-state index contributed by atoms with van der Waals surface area (Å²) in [5.74, 6) is 0.0777. The van der Waals surface area contributed by atoms with Crippen LogP contribution >= 0.6 is 0 Å². The number of hydrogen-bond acceptors (Lipinski definition) is 5. The standard InChI is InChI=1S/C49H46N4O3/c1-48(2,3)56-47(55)52-33-35(30-39(34-52)36-16-8-4-9-17-36)31-45(54)38-24-25-44-43(32-38)46(37-26-28-50-29-27-37)51-53(44)49(40-18-10-5-11-19-40,41-20-12-6-13-21-41)42-22-14-7-15-23-42/h4-29,32,35,39H,30-31,33-34H2,1-3H3/t35-,39-/m0/s1. The van der Waals surface area contributed by atoms with Crippen LogP contribution in [0.15, 0.2) is 164 Å². The summed E-state index contributed by atoms with van der Waals surface area (Å²) in [6, 6.07) is 51.7. The minimum absolute atomic E-state index is 0.0311. The number of Topliss-reactive ketones (excluding diaryl/α,β-unsaturated/α-hetero) is 1. The van der Waals surface area contributed by atoms with E-state index in [9.17, 15) is 9.59 Å². The molecule has 0 unspecified atom stereocenters. The fourth-order valence-corrected chi connectivity index (χ4v) is 8.35. The van der Waals surface area contributed by atoms with Gasteiger partial charge in [0, 0.05) is 54.3 Å². The molecule has 2 aromatic heterocycles. The lowest BCUT2D eigenvalue weighted by Gasteiger charge is -2.38. The van der Waals surface area contributed by atoms with E-state index in [1.54, 1.807) is 17.3 Å². The van der Waals surface area contributed by atoms with Gasteiger partial charge in [0.2, 0.25) is 0 Å². The van der Waals surface area contributed by atoms with Crippen LogP contribution in [0, 0.1) is 5.92 Å². The van der Waals surface area contributed by atoms with Gasteiger partial charge in [-0.25, -0.2) is 9.48 Å². The van der Waals surface area contributed by atoms with Crippen LogP contribution in [0.2, 0.25) is 0 Å². The Bertz CT molecular complexity index is 2330. The largest absolute Gasteiger partial charge is 0.444 e. The summed E-state index contributed by atoms with van der Waals surface area (Å²) in [4.78, 5) is 33.9. The quantitative estimate of drug-likeness (QED) is 0.109. The molecule has 7 aromatic rings. The number of ketones is 1. The molecule has 0 saturated carbocycles. The Morgan fingerprint density at radius 2 is 1.25 bits per heavy atom. The summed E-state index contributed by atoms with van der Waals surface area (Å²) in [5.41, 5.74) is 6.04. The number of carbonyl (C=O) groups excluding carboxylic acids is 2. The number of ether oxygens (including phenoxy) is 1. The molecule has 0 bridgehead atoms. The van der Waals surface area contributed by atoms with Crippen molar-refractivity contribution in [1.29, 1.82) is 0 Å². The van der Waals surface area contributed by atoms with Gasteiger partial charge in [-0.05, 0) is 85.7 Å². The smallest absolute Gasteiger partial charge is 0.410 e. The molecule has 0 N–H and O–H groups in total. The van der Waals surface area contributed by atoms with Gasteiger partial charge in [0.1, 0.15) is 16.8 Å². The lowest BCUT2D eigenvalue weighted by atomic mass is 9.77. The van der Waals surface area contributed by atoms with E-state index in [0.29, 0.717) is 25.1 Å². The number of aromatic nitrogens is 3. The molecule has 3 heterocycles. The molecule has 1 fully saturated rings. The van der Waals surface area contributed by atoms with E-state index in [1.165, 1.54) is 0 Å². The molecule has 1 aliphatic rings. The Labute approximate surface area is 328 Å². The summed E-state index contributed by atoms with van der Waals surface area (Å²) in [7, 11) is 0. The van der Waals surface area contributed by atoms with Crippen molar-refractivity contribution in [2.45, 2.75) is 50.7 Å². The number of pyridine rings is 1. The SMILES string of the molecule is CC(C)(C)OC(=O)N1C[C@H](CC(=O)c2ccc3c(c2)c(-c2ccncc2)nn3C(c2ccccc2)(c2ccccc2)c2ccccc2)C[C@H](c2ccccc2)C1.